The number of amides is 1. The van der Waals surface area contributed by atoms with Gasteiger partial charge < -0.3 is 14.8 Å². The van der Waals surface area contributed by atoms with E-state index in [0.29, 0.717) is 17.1 Å². The molecule has 0 spiro atoms. The number of nitrogens with one attached hydrogen (secondary N) is 2. The molecule has 164 valence electrons. The zero-order valence-electron chi connectivity index (χ0n) is 18.2. The van der Waals surface area contributed by atoms with Crippen molar-refractivity contribution in [1.29, 1.82) is 0 Å². The van der Waals surface area contributed by atoms with E-state index in [-0.39, 0.29) is 24.5 Å². The highest BCUT2D eigenvalue weighted by Crippen LogP contribution is 2.22. The molecule has 1 atom stereocenters. The van der Waals surface area contributed by atoms with Gasteiger partial charge in [0.25, 0.3) is 0 Å². The number of methoxy groups -OCH3 is 1. The largest absolute Gasteiger partial charge is 0.497 e. The summed E-state index contributed by atoms with van der Waals surface area (Å²) in [5.74, 6) is 2.22. The number of carbonyl (C=O) groups is 1. The van der Waals surface area contributed by atoms with Crippen molar-refractivity contribution in [1.82, 2.24) is 20.1 Å². The number of H-pyrrole nitrogens is 1. The number of benzene rings is 2. The molecule has 31 heavy (non-hydrogen) atoms. The fraction of sp³-hybridized carbons (Fsp3) is 0.348. The van der Waals surface area contributed by atoms with Gasteiger partial charge in [0.05, 0.1) is 19.3 Å². The maximum Gasteiger partial charge on any atom is 0.222 e. The maximum atomic E-state index is 12.5. The molecule has 7 nitrogen and oxygen atoms in total. The van der Waals surface area contributed by atoms with E-state index in [1.807, 2.05) is 73.9 Å². The van der Waals surface area contributed by atoms with E-state index in [1.165, 1.54) is 0 Å². The first-order valence-electron chi connectivity index (χ1n) is 10.2. The molecule has 2 N–H and O–H groups in total. The molecule has 0 aliphatic carbocycles. The summed E-state index contributed by atoms with van der Waals surface area (Å²) < 4.78 is 13.2. The first kappa shape index (κ1) is 22.6. The molecular formula is C23H28N4O3S. The summed E-state index contributed by atoms with van der Waals surface area (Å²) >= 11 is 5.36. The second-order valence-electron chi connectivity index (χ2n) is 7.51. The SMILES string of the molecule is COc1ccc(-c2n[nH]c(=S)n2CCC(=O)NC(C)c2ccc(OC(C)C)cc2)cc1. The van der Waals surface area contributed by atoms with Crippen molar-refractivity contribution in [3.8, 4) is 22.9 Å². The molecule has 1 heterocycles. The van der Waals surface area contributed by atoms with Crippen LogP contribution in [0.5, 0.6) is 11.5 Å². The fourth-order valence-corrected chi connectivity index (χ4v) is 3.43. The number of hydrogen-bond donors (Lipinski definition) is 2. The first-order valence-corrected chi connectivity index (χ1v) is 10.6. The Morgan fingerprint density at radius 1 is 1.10 bits per heavy atom. The number of nitrogens with zero attached hydrogens (tertiary/aromatic N) is 2. The second-order valence-corrected chi connectivity index (χ2v) is 7.89. The van der Waals surface area contributed by atoms with Gasteiger partial charge in [0.2, 0.25) is 5.91 Å². The van der Waals surface area contributed by atoms with E-state index in [0.717, 1.165) is 22.6 Å². The predicted molar refractivity (Wildman–Crippen MR) is 123 cm³/mol. The lowest BCUT2D eigenvalue weighted by atomic mass is 10.1. The van der Waals surface area contributed by atoms with Gasteiger partial charge in [0.1, 0.15) is 11.5 Å². The minimum absolute atomic E-state index is 0.0567. The van der Waals surface area contributed by atoms with Crippen LogP contribution < -0.4 is 14.8 Å². The predicted octanol–water partition coefficient (Wildman–Crippen LogP) is 4.67. The zero-order chi connectivity index (χ0) is 22.4. The Kier molecular flexibility index (Phi) is 7.46. The van der Waals surface area contributed by atoms with Crippen molar-refractivity contribution in [3.63, 3.8) is 0 Å². The van der Waals surface area contributed by atoms with E-state index in [2.05, 4.69) is 15.5 Å². The van der Waals surface area contributed by atoms with Crippen LogP contribution in [0, 0.1) is 4.77 Å². The van der Waals surface area contributed by atoms with Crippen LogP contribution in [0.15, 0.2) is 48.5 Å². The molecule has 0 radical (unpaired) electrons. The van der Waals surface area contributed by atoms with Crippen molar-refractivity contribution >= 4 is 18.1 Å². The highest BCUT2D eigenvalue weighted by Gasteiger charge is 2.13. The highest BCUT2D eigenvalue weighted by atomic mass is 32.1. The number of carbonyl (C=O) groups excluding carboxylic acids is 1. The third-order valence-corrected chi connectivity index (χ3v) is 5.11. The molecule has 0 aliphatic rings. The summed E-state index contributed by atoms with van der Waals surface area (Å²) in [6, 6.07) is 15.2. The topological polar surface area (TPSA) is 81.2 Å². The highest BCUT2D eigenvalue weighted by molar-refractivity contribution is 7.71. The number of hydrogen-bond acceptors (Lipinski definition) is 5. The van der Waals surface area contributed by atoms with Gasteiger partial charge in [-0.25, -0.2) is 0 Å². The summed E-state index contributed by atoms with van der Waals surface area (Å²) in [6.45, 7) is 6.37. The lowest BCUT2D eigenvalue weighted by Gasteiger charge is -2.16. The average Bonchev–Trinajstić information content (AvgIpc) is 3.12. The molecule has 0 saturated carbocycles. The van der Waals surface area contributed by atoms with E-state index >= 15 is 0 Å². The van der Waals surface area contributed by atoms with Crippen molar-refractivity contribution < 1.29 is 14.3 Å². The molecule has 0 fully saturated rings. The van der Waals surface area contributed by atoms with Crippen molar-refractivity contribution in [2.75, 3.05) is 7.11 Å². The summed E-state index contributed by atoms with van der Waals surface area (Å²) in [5.41, 5.74) is 1.91. The third kappa shape index (κ3) is 5.95. The zero-order valence-corrected chi connectivity index (χ0v) is 19.0. The Morgan fingerprint density at radius 2 is 1.74 bits per heavy atom. The monoisotopic (exact) mass is 440 g/mol. The Balaban J connectivity index is 1.60. The normalized spacial score (nSPS) is 11.9. The molecule has 0 bridgehead atoms. The molecule has 1 amide bonds. The maximum absolute atomic E-state index is 12.5. The number of aromatic amines is 1. The van der Waals surface area contributed by atoms with Crippen molar-refractivity contribution in [2.24, 2.45) is 0 Å². The summed E-state index contributed by atoms with van der Waals surface area (Å²) in [5, 5.41) is 10.2. The molecule has 3 aromatic rings. The van der Waals surface area contributed by atoms with Crippen LogP contribution in [0.2, 0.25) is 0 Å². The molecule has 8 heteroatoms. The minimum Gasteiger partial charge on any atom is -0.497 e. The fourth-order valence-electron chi connectivity index (χ4n) is 3.20. The molecule has 0 saturated heterocycles. The van der Waals surface area contributed by atoms with Crippen molar-refractivity contribution in [3.05, 3.63) is 58.9 Å². The van der Waals surface area contributed by atoms with E-state index in [4.69, 9.17) is 21.7 Å². The second kappa shape index (κ2) is 10.3. The number of ether oxygens (including phenoxy) is 2. The molecule has 1 unspecified atom stereocenters. The third-order valence-electron chi connectivity index (χ3n) is 4.80. The quantitative estimate of drug-likeness (QED) is 0.473. The van der Waals surface area contributed by atoms with E-state index in [1.54, 1.807) is 7.11 Å². The number of aromatic nitrogens is 3. The molecule has 3 rings (SSSR count). The van der Waals surface area contributed by atoms with E-state index in [9.17, 15) is 4.79 Å². The Labute approximate surface area is 187 Å². The lowest BCUT2D eigenvalue weighted by Crippen LogP contribution is -2.27. The molecule has 2 aromatic carbocycles. The van der Waals surface area contributed by atoms with Crippen LogP contribution in [0.25, 0.3) is 11.4 Å². The minimum atomic E-state index is -0.112. The van der Waals surface area contributed by atoms with E-state index < -0.39 is 0 Å². The lowest BCUT2D eigenvalue weighted by molar-refractivity contribution is -0.121. The van der Waals surface area contributed by atoms with Gasteiger partial charge in [0, 0.05) is 18.5 Å². The van der Waals surface area contributed by atoms with Crippen LogP contribution in [0.4, 0.5) is 0 Å². The first-order chi connectivity index (χ1) is 14.9. The van der Waals surface area contributed by atoms with Gasteiger partial charge in [-0.3, -0.25) is 14.5 Å². The molecule has 0 aliphatic heterocycles. The van der Waals surface area contributed by atoms with Crippen molar-refractivity contribution in [2.45, 2.75) is 45.9 Å². The van der Waals surface area contributed by atoms with Gasteiger partial charge in [-0.05, 0) is 75.0 Å². The van der Waals surface area contributed by atoms with Gasteiger partial charge in [-0.2, -0.15) is 5.10 Å². The smallest absolute Gasteiger partial charge is 0.222 e. The van der Waals surface area contributed by atoms with Gasteiger partial charge in [-0.15, -0.1) is 0 Å². The standard InChI is InChI=1S/C23H28N4O3S/c1-15(2)30-20-11-5-17(6-12-20)16(3)24-21(28)13-14-27-22(25-26-23(27)31)18-7-9-19(29-4)10-8-18/h5-12,15-16H,13-14H2,1-4H3,(H,24,28)(H,26,31). The van der Waals surface area contributed by atoms with Crippen LogP contribution in [0.3, 0.4) is 0 Å². The summed E-state index contributed by atoms with van der Waals surface area (Å²) in [6.07, 6.45) is 0.413. The average molecular weight is 441 g/mol. The molecule has 1 aromatic heterocycles. The van der Waals surface area contributed by atoms with Crippen LogP contribution >= 0.6 is 12.2 Å². The number of rotatable bonds is 9. The van der Waals surface area contributed by atoms with Crippen LogP contribution in [-0.4, -0.2) is 33.9 Å². The Morgan fingerprint density at radius 3 is 2.35 bits per heavy atom. The van der Waals surface area contributed by atoms with Gasteiger partial charge in [-0.1, -0.05) is 12.1 Å². The Bertz CT molecular complexity index is 1060. The van der Waals surface area contributed by atoms with Gasteiger partial charge in [0.15, 0.2) is 10.6 Å². The van der Waals surface area contributed by atoms with Gasteiger partial charge >= 0.3 is 0 Å². The summed E-state index contributed by atoms with van der Waals surface area (Å²) in [7, 11) is 1.62. The summed E-state index contributed by atoms with van der Waals surface area (Å²) in [4.78, 5) is 12.5. The molecular weight excluding hydrogens is 412 g/mol. The van der Waals surface area contributed by atoms with Crippen LogP contribution in [-0.2, 0) is 11.3 Å². The van der Waals surface area contributed by atoms with Crippen LogP contribution in [0.1, 0.15) is 38.8 Å². The Hall–Kier alpha value is -3.13.